The quantitative estimate of drug-likeness (QED) is 0.0273. The number of aromatic amines is 1. The first-order chi connectivity index (χ1) is 42.7. The van der Waals surface area contributed by atoms with Gasteiger partial charge >= 0.3 is 0 Å². The van der Waals surface area contributed by atoms with E-state index in [1.807, 2.05) is 76.2 Å². The minimum absolute atomic E-state index is 0.0242. The lowest BCUT2D eigenvalue weighted by molar-refractivity contribution is -0.144. The molecular formula is C65H84F3N11O8S2Si. The first-order valence-electron chi connectivity index (χ1n) is 31.0. The predicted octanol–water partition coefficient (Wildman–Crippen LogP) is 9.28. The van der Waals surface area contributed by atoms with Crippen molar-refractivity contribution in [3.8, 4) is 21.6 Å². The maximum atomic E-state index is 16.2. The van der Waals surface area contributed by atoms with Crippen LogP contribution in [0.1, 0.15) is 100 Å². The molecule has 19 nitrogen and oxygen atoms in total. The van der Waals surface area contributed by atoms with Crippen molar-refractivity contribution in [3.63, 3.8) is 0 Å². The number of aryl methyl sites for hydroxylation is 1. The van der Waals surface area contributed by atoms with E-state index < -0.39 is 90.0 Å². The Morgan fingerprint density at radius 3 is 2.17 bits per heavy atom. The Balaban J connectivity index is 0.714. The summed E-state index contributed by atoms with van der Waals surface area (Å²) in [5.74, 6) is -4.04. The number of halogens is 3. The van der Waals surface area contributed by atoms with Gasteiger partial charge in [0.15, 0.2) is 14.1 Å². The number of aliphatic hydroxyl groups excluding tert-OH is 1. The van der Waals surface area contributed by atoms with Crippen LogP contribution in [0.2, 0.25) is 18.1 Å². The number of fused-ring (bicyclic) bond motifs is 1. The number of likely N-dealkylation sites (tertiary alicyclic amines) is 2. The van der Waals surface area contributed by atoms with E-state index in [-0.39, 0.29) is 68.0 Å². The number of carbonyl (C=O) groups is 4. The van der Waals surface area contributed by atoms with Gasteiger partial charge in [0.2, 0.25) is 23.5 Å². The summed E-state index contributed by atoms with van der Waals surface area (Å²) >= 11 is -1.29. The van der Waals surface area contributed by atoms with Crippen molar-refractivity contribution in [2.45, 2.75) is 123 Å². The normalized spacial score (nSPS) is 20.4. The van der Waals surface area contributed by atoms with Gasteiger partial charge in [-0.1, -0.05) is 77.9 Å². The fourth-order valence-corrected chi connectivity index (χ4v) is 15.3. The van der Waals surface area contributed by atoms with Gasteiger partial charge in [-0.15, -0.1) is 11.3 Å². The molecule has 10 rings (SSSR count). The number of nitrogens with zero attached hydrogens (tertiary/aromatic N) is 8. The second kappa shape index (κ2) is 27.4. The number of hydrogen-bond donors (Lipinski definition) is 5. The molecule has 6 atom stereocenters. The molecule has 4 saturated heterocycles. The van der Waals surface area contributed by atoms with E-state index in [2.05, 4.69) is 74.2 Å². The molecule has 3 amide bonds. The number of alkyl halides is 1. The van der Waals surface area contributed by atoms with Crippen LogP contribution in [0.4, 0.5) is 24.5 Å². The van der Waals surface area contributed by atoms with Crippen molar-refractivity contribution in [1.82, 2.24) is 45.3 Å². The zero-order chi connectivity index (χ0) is 64.6. The molecule has 3 aromatic carbocycles. The molecule has 0 aliphatic carbocycles. The summed E-state index contributed by atoms with van der Waals surface area (Å²) in [6, 6.07) is 16.7. The molecule has 25 heteroatoms. The first-order valence-corrected chi connectivity index (χ1v) is 35.8. The summed E-state index contributed by atoms with van der Waals surface area (Å²) in [7, 11) is -2.33. The third kappa shape index (κ3) is 14.7. The molecule has 90 heavy (non-hydrogen) atoms. The predicted molar refractivity (Wildman–Crippen MR) is 347 cm³/mol. The van der Waals surface area contributed by atoms with Crippen LogP contribution in [0, 0.1) is 29.9 Å². The number of ketones is 1. The highest BCUT2D eigenvalue weighted by atomic mass is 32.2. The van der Waals surface area contributed by atoms with Crippen molar-refractivity contribution in [2.75, 3.05) is 87.9 Å². The van der Waals surface area contributed by atoms with Crippen LogP contribution in [0.25, 0.3) is 32.6 Å². The fourth-order valence-electron chi connectivity index (χ4n) is 12.5. The molecule has 0 bridgehead atoms. The van der Waals surface area contributed by atoms with Gasteiger partial charge in [-0.3, -0.25) is 33.5 Å². The summed E-state index contributed by atoms with van der Waals surface area (Å²) in [6.45, 7) is 24.1. The third-order valence-electron chi connectivity index (χ3n) is 18.7. The number of H-pyrrole nitrogens is 1. The molecule has 484 valence electrons. The lowest BCUT2D eigenvalue weighted by Crippen LogP contribution is -2.59. The molecule has 6 aromatic rings. The number of thiazole rings is 1. The van der Waals surface area contributed by atoms with Crippen LogP contribution < -0.4 is 19.9 Å². The van der Waals surface area contributed by atoms with Crippen LogP contribution in [0.5, 0.6) is 0 Å². The Hall–Kier alpha value is -6.42. The van der Waals surface area contributed by atoms with Crippen LogP contribution in [0.15, 0.2) is 84.6 Å². The Morgan fingerprint density at radius 2 is 1.56 bits per heavy atom. The number of hydrazine groups is 1. The van der Waals surface area contributed by atoms with Crippen molar-refractivity contribution >= 4 is 76.8 Å². The van der Waals surface area contributed by atoms with Gasteiger partial charge in [0, 0.05) is 86.8 Å². The SMILES string of the molecule is Cc1ncsc1-c1ccc([C@H](CO)NC(=O)[C@@H]2C[C@@H](O[Si](C)(C)C(C)(C)C)CN2C(=O)[C@@H](NC(=O)CN2CCC(CN3CCN(c4ccc(-c5cnc6[nH]cc(C(=O)c7c(F)ccc(N(N8CC[C@@H](F)C8)S(=O)O)c7F)c6c5)cc4)CC3)CC2)C(C)(C)C)cc1. The largest absolute Gasteiger partial charge is 0.412 e. The van der Waals surface area contributed by atoms with E-state index in [1.165, 1.54) is 6.20 Å². The second-order valence-corrected chi connectivity index (χ2v) is 33.4. The highest BCUT2D eigenvalue weighted by Gasteiger charge is 2.49. The third-order valence-corrected chi connectivity index (χ3v) is 24.9. The van der Waals surface area contributed by atoms with Crippen LogP contribution in [-0.4, -0.2) is 183 Å². The number of aromatic nitrogens is 3. The van der Waals surface area contributed by atoms with E-state index >= 15 is 8.78 Å². The molecule has 1 unspecified atom stereocenters. The molecule has 3 aromatic heterocycles. The average molecular weight is 1300 g/mol. The number of piperidine rings is 1. The first kappa shape index (κ1) is 66.5. The highest BCUT2D eigenvalue weighted by molar-refractivity contribution is 7.80. The second-order valence-electron chi connectivity index (χ2n) is 27.0. The smallest absolute Gasteiger partial charge is 0.277 e. The molecular weight excluding hydrogens is 1210 g/mol. The lowest BCUT2D eigenvalue weighted by Gasteiger charge is -2.40. The number of aliphatic hydroxyl groups is 1. The molecule has 4 fully saturated rings. The van der Waals surface area contributed by atoms with Gasteiger partial charge in [0.25, 0.3) is 11.3 Å². The number of anilines is 2. The van der Waals surface area contributed by atoms with Crippen LogP contribution in [-0.2, 0) is 30.1 Å². The van der Waals surface area contributed by atoms with Crippen molar-refractivity contribution < 1.29 is 50.6 Å². The Bertz CT molecular complexity index is 3590. The standard InChI is InChI=1S/C65H84F3N11O8S2Si/c1-40-59(88-39-71-40)44-12-10-43(11-13-44)52(38-80)72-62(83)54-31-48(87-90(8,9)65(5,6)7)36-78(54)63(84)60(64(2,3)4)73-55(81)37-74-23-20-41(21-24-74)34-75-26-28-76(29-27-75)47-16-14-42(15-17-47)45-30-49-50(33-70-61(49)69-32-45)58(82)56-51(67)18-19-53(57(56)68)79(89(85)86)77-25-22-46(66)35-77/h10-19,30,32-33,39,41,46,48,52,54,60,80H,20-29,31,34-38H2,1-9H3,(H,69,70)(H,72,83)(H,73,81)(H,85,86)/t46-,48-,52+,54+,60-/m1/s1. The van der Waals surface area contributed by atoms with Gasteiger partial charge in [-0.05, 0) is 116 Å². The fraction of sp³-hybridized carbons (Fsp3) is 0.508. The maximum absolute atomic E-state index is 16.2. The highest BCUT2D eigenvalue weighted by Crippen LogP contribution is 2.40. The monoisotopic (exact) mass is 1300 g/mol. The van der Waals surface area contributed by atoms with Crippen molar-refractivity contribution in [3.05, 3.63) is 119 Å². The molecule has 0 saturated carbocycles. The lowest BCUT2D eigenvalue weighted by atomic mass is 9.85. The number of carbonyl (C=O) groups excluding carboxylic acids is 4. The van der Waals surface area contributed by atoms with Crippen LogP contribution in [0.3, 0.4) is 0 Å². The summed E-state index contributed by atoms with van der Waals surface area (Å²) in [6.07, 6.45) is 3.46. The van der Waals surface area contributed by atoms with Gasteiger partial charge in [0.05, 0.1) is 53.5 Å². The molecule has 5 N–H and O–H groups in total. The minimum Gasteiger partial charge on any atom is -0.412 e. The van der Waals surface area contributed by atoms with E-state index in [0.717, 1.165) is 109 Å². The van der Waals surface area contributed by atoms with E-state index in [1.54, 1.807) is 34.0 Å². The molecule has 0 spiro atoms. The number of hydrogen-bond acceptors (Lipinski definition) is 14. The summed E-state index contributed by atoms with van der Waals surface area (Å²) < 4.78 is 75.6. The average Bonchev–Trinajstić information content (AvgIpc) is 1.53. The van der Waals surface area contributed by atoms with Crippen molar-refractivity contribution in [1.29, 1.82) is 0 Å². The maximum Gasteiger partial charge on any atom is 0.277 e. The zero-order valence-corrected chi connectivity index (χ0v) is 55.4. The summed E-state index contributed by atoms with van der Waals surface area (Å²) in [4.78, 5) is 78.9. The molecule has 7 heterocycles. The minimum atomic E-state index is -2.84. The topological polar surface area (TPSA) is 220 Å². The van der Waals surface area contributed by atoms with E-state index in [0.29, 0.717) is 26.9 Å². The Labute approximate surface area is 532 Å². The van der Waals surface area contributed by atoms with Gasteiger partial charge in [-0.25, -0.2) is 32.4 Å². The summed E-state index contributed by atoms with van der Waals surface area (Å²) in [5, 5.41) is 18.2. The number of nitrogens with one attached hydrogen (secondary N) is 3. The number of pyridine rings is 1. The number of amides is 3. The van der Waals surface area contributed by atoms with Gasteiger partial charge < -0.3 is 34.9 Å². The van der Waals surface area contributed by atoms with Crippen LogP contribution >= 0.6 is 11.3 Å². The van der Waals surface area contributed by atoms with Gasteiger partial charge in [0.1, 0.15) is 35.4 Å². The number of piperazine rings is 1. The molecule has 0 radical (unpaired) electrons. The van der Waals surface area contributed by atoms with Crippen molar-refractivity contribution in [2.24, 2.45) is 11.3 Å². The summed E-state index contributed by atoms with van der Waals surface area (Å²) in [5.41, 5.74) is 5.09. The Morgan fingerprint density at radius 1 is 0.867 bits per heavy atom. The molecule has 4 aliphatic rings. The Kier molecular flexibility index (Phi) is 20.3. The number of rotatable bonds is 20. The number of benzene rings is 3. The molecule has 4 aliphatic heterocycles. The zero-order valence-electron chi connectivity index (χ0n) is 52.7. The van der Waals surface area contributed by atoms with E-state index in [4.69, 9.17) is 4.43 Å². The van der Waals surface area contributed by atoms with E-state index in [9.17, 15) is 37.4 Å². The van der Waals surface area contributed by atoms with Gasteiger partial charge in [-0.2, -0.15) is 4.41 Å².